The summed E-state index contributed by atoms with van der Waals surface area (Å²) >= 11 is 0. The highest BCUT2D eigenvalue weighted by Gasteiger charge is 2.52. The van der Waals surface area contributed by atoms with Crippen molar-refractivity contribution in [2.45, 2.75) is 218 Å². The number of hydrogen-bond acceptors (Lipinski definition) is 13. The Morgan fingerprint density at radius 2 is 1.48 bits per heavy atom. The van der Waals surface area contributed by atoms with Crippen LogP contribution in [0.2, 0.25) is 0 Å². The second-order valence-electron chi connectivity index (χ2n) is 21.3. The number of ether oxygens (including phenoxy) is 5. The van der Waals surface area contributed by atoms with Gasteiger partial charge in [-0.15, -0.1) is 0 Å². The molecule has 65 heavy (non-hydrogen) atoms. The molecule has 1 saturated carbocycles. The molecule has 3 aliphatic heterocycles. The van der Waals surface area contributed by atoms with Crippen molar-refractivity contribution in [3.8, 4) is 0 Å². The smallest absolute Gasteiger partial charge is 0.198 e. The van der Waals surface area contributed by atoms with Crippen molar-refractivity contribution in [1.82, 2.24) is 4.90 Å². The molecule has 11 unspecified atom stereocenters. The number of aliphatic hydroxyl groups excluding tert-OH is 6. The Labute approximate surface area is 392 Å². The lowest BCUT2D eigenvalue weighted by atomic mass is 9.77. The van der Waals surface area contributed by atoms with E-state index in [1.165, 1.54) is 0 Å². The van der Waals surface area contributed by atoms with Crippen LogP contribution in [0.3, 0.4) is 0 Å². The maximum absolute atomic E-state index is 12.1. The zero-order valence-corrected chi connectivity index (χ0v) is 42.0. The molecule has 0 spiro atoms. The molecule has 0 aromatic heterocycles. The van der Waals surface area contributed by atoms with Crippen LogP contribution in [-0.2, 0) is 23.7 Å². The van der Waals surface area contributed by atoms with Crippen LogP contribution in [-0.4, -0.2) is 148 Å². The van der Waals surface area contributed by atoms with Crippen molar-refractivity contribution in [3.63, 3.8) is 0 Å². The molecule has 21 atom stereocenters. The van der Waals surface area contributed by atoms with Gasteiger partial charge in [-0.1, -0.05) is 85.3 Å². The number of aliphatic hydroxyl groups is 7. The first-order valence-corrected chi connectivity index (χ1v) is 25.3. The third-order valence-electron chi connectivity index (χ3n) is 16.3. The molecule has 4 aliphatic rings. The second kappa shape index (κ2) is 26.6. The average molecular weight is 924 g/mol. The predicted molar refractivity (Wildman–Crippen MR) is 253 cm³/mol. The van der Waals surface area contributed by atoms with Crippen LogP contribution in [0.15, 0.2) is 36.0 Å². The van der Waals surface area contributed by atoms with Gasteiger partial charge in [-0.2, -0.15) is 0 Å². The molecule has 3 fully saturated rings. The third kappa shape index (κ3) is 15.3. The van der Waals surface area contributed by atoms with Gasteiger partial charge >= 0.3 is 0 Å². The van der Waals surface area contributed by atoms with E-state index < -0.39 is 73.0 Å². The molecule has 13 heteroatoms. The molecule has 3 heterocycles. The van der Waals surface area contributed by atoms with Crippen molar-refractivity contribution < 1.29 is 59.4 Å². The fourth-order valence-electron chi connectivity index (χ4n) is 11.5. The van der Waals surface area contributed by atoms with Gasteiger partial charge in [-0.25, -0.2) is 0 Å². The first-order chi connectivity index (χ1) is 30.7. The van der Waals surface area contributed by atoms with Crippen LogP contribution in [0.25, 0.3) is 0 Å². The van der Waals surface area contributed by atoms with Gasteiger partial charge in [-0.3, -0.25) is 4.90 Å². The Balaban J connectivity index is 1.67. The van der Waals surface area contributed by atoms with Crippen LogP contribution in [0.1, 0.15) is 139 Å². The van der Waals surface area contributed by atoms with Crippen LogP contribution in [0.5, 0.6) is 0 Å². The lowest BCUT2D eigenvalue weighted by Gasteiger charge is -2.49. The molecule has 0 amide bonds. The Kier molecular flexibility index (Phi) is 23.0. The van der Waals surface area contributed by atoms with Gasteiger partial charge in [0.05, 0.1) is 54.9 Å². The highest BCUT2D eigenvalue weighted by Crippen LogP contribution is 2.40. The van der Waals surface area contributed by atoms with Gasteiger partial charge in [0, 0.05) is 46.6 Å². The standard InChI is InChI=1S/C52H93NO12/c1-31-17-13-12-14-18-32(2)44(61-9)29-40-22-20-37(7)52(60,65-40)49(57)50(58)53-24-16-15-19-41(53)51(59)64-45(35(5)27-39-21-23-42(54)46(28-39)62-10)30-43(55)34(4)26-36(6)47(56)48(63-11)38(8)33(3)25-31/h12-14,17-18,31,33-51,54-60H,15-16,19-30H2,1-11H3/b14-12?,17-13+,32-18?/t31-,33?,34-,35+,36?,37?,38?,39?,40+,41?,42?,43-,44+,45+,46?,47?,48?,49-,50-,51+,52?/m0/s1. The van der Waals surface area contributed by atoms with Crippen molar-refractivity contribution in [3.05, 3.63) is 36.0 Å². The number of fused-ring (bicyclic) bond motifs is 3. The van der Waals surface area contributed by atoms with Gasteiger partial charge in [-0.05, 0) is 118 Å². The van der Waals surface area contributed by atoms with E-state index in [1.807, 2.05) is 45.9 Å². The van der Waals surface area contributed by atoms with E-state index in [2.05, 4.69) is 39.8 Å². The van der Waals surface area contributed by atoms with Crippen molar-refractivity contribution in [2.24, 2.45) is 47.3 Å². The molecular formula is C52H93NO12. The maximum atomic E-state index is 12.1. The third-order valence-corrected chi connectivity index (χ3v) is 16.3. The number of nitrogens with zero attached hydrogens (tertiary/aromatic N) is 1. The first-order valence-electron chi connectivity index (χ1n) is 25.3. The van der Waals surface area contributed by atoms with Crippen molar-refractivity contribution >= 4 is 0 Å². The van der Waals surface area contributed by atoms with E-state index in [0.717, 1.165) is 31.3 Å². The summed E-state index contributed by atoms with van der Waals surface area (Å²) in [6.45, 7) is 16.8. The molecule has 7 N–H and O–H groups in total. The normalized spacial score (nSPS) is 45.6. The summed E-state index contributed by atoms with van der Waals surface area (Å²) in [5.41, 5.74) is 0.984. The maximum Gasteiger partial charge on any atom is 0.198 e. The molecule has 0 aromatic carbocycles. The van der Waals surface area contributed by atoms with Crippen LogP contribution < -0.4 is 0 Å². The molecule has 0 radical (unpaired) electrons. The topological polar surface area (TPSA) is 191 Å². The Hall–Kier alpha value is -1.30. The number of rotatable bonds is 6. The highest BCUT2D eigenvalue weighted by molar-refractivity contribution is 5.18. The molecule has 0 aromatic rings. The lowest BCUT2D eigenvalue weighted by molar-refractivity contribution is -0.347. The summed E-state index contributed by atoms with van der Waals surface area (Å²) in [5, 5.41) is 82.4. The fourth-order valence-corrected chi connectivity index (χ4v) is 11.5. The minimum absolute atomic E-state index is 0.0710. The van der Waals surface area contributed by atoms with E-state index >= 15 is 0 Å². The SMILES string of the molecule is COC1CC(C[C@@H](C)[C@H]2C[C@H](O)[C@@H](C)CC(C)C(O)C(OC)C(C)C(C)C[C@@H](C)/C=C/C=CC=C(C)[C@H](OC)C[C@H]3CCC(C)C(O)(O3)[C@@H](O)[C@H](O)N3CCCCC3[C@H](O)O2)CCC1O. The predicted octanol–water partition coefficient (Wildman–Crippen LogP) is 6.49. The van der Waals surface area contributed by atoms with E-state index in [0.29, 0.717) is 57.9 Å². The summed E-state index contributed by atoms with van der Waals surface area (Å²) in [4.78, 5) is 1.64. The van der Waals surface area contributed by atoms with E-state index in [9.17, 15) is 35.7 Å². The molecule has 4 rings (SSSR count). The van der Waals surface area contributed by atoms with Gasteiger partial charge < -0.3 is 59.4 Å². The molecular weight excluding hydrogens is 831 g/mol. The lowest BCUT2D eigenvalue weighted by Crippen LogP contribution is -2.65. The summed E-state index contributed by atoms with van der Waals surface area (Å²) in [6, 6.07) is -0.711. The largest absolute Gasteiger partial charge is 0.393 e. The minimum Gasteiger partial charge on any atom is -0.393 e. The van der Waals surface area contributed by atoms with Gasteiger partial charge in [0.15, 0.2) is 12.1 Å². The van der Waals surface area contributed by atoms with E-state index in [-0.39, 0.29) is 60.1 Å². The summed E-state index contributed by atoms with van der Waals surface area (Å²) in [7, 11) is 4.94. The summed E-state index contributed by atoms with van der Waals surface area (Å²) in [5.74, 6) is -2.21. The minimum atomic E-state index is -2.07. The van der Waals surface area contributed by atoms with Crippen LogP contribution in [0.4, 0.5) is 0 Å². The summed E-state index contributed by atoms with van der Waals surface area (Å²) < 4.78 is 30.6. The first kappa shape index (κ1) is 56.3. The Morgan fingerprint density at radius 3 is 2.15 bits per heavy atom. The van der Waals surface area contributed by atoms with Crippen LogP contribution in [0, 0.1) is 47.3 Å². The van der Waals surface area contributed by atoms with E-state index in [4.69, 9.17) is 23.7 Å². The monoisotopic (exact) mass is 924 g/mol. The van der Waals surface area contributed by atoms with Gasteiger partial charge in [0.2, 0.25) is 0 Å². The molecule has 2 saturated heterocycles. The Bertz CT molecular complexity index is 1460. The van der Waals surface area contributed by atoms with Crippen molar-refractivity contribution in [1.29, 1.82) is 0 Å². The average Bonchev–Trinajstić information content (AvgIpc) is 3.28. The molecule has 2 bridgehead atoms. The highest BCUT2D eigenvalue weighted by atomic mass is 16.7. The zero-order valence-electron chi connectivity index (χ0n) is 42.0. The van der Waals surface area contributed by atoms with Gasteiger partial charge in [0.1, 0.15) is 12.3 Å². The molecule has 378 valence electrons. The quantitative estimate of drug-likeness (QED) is 0.153. The van der Waals surface area contributed by atoms with Crippen molar-refractivity contribution in [2.75, 3.05) is 27.9 Å². The molecule has 13 nitrogen and oxygen atoms in total. The number of allylic oxidation sites excluding steroid dienone is 5. The van der Waals surface area contributed by atoms with Crippen LogP contribution >= 0.6 is 0 Å². The van der Waals surface area contributed by atoms with Gasteiger partial charge in [0.25, 0.3) is 0 Å². The zero-order chi connectivity index (χ0) is 48.2. The second-order valence-corrected chi connectivity index (χ2v) is 21.3. The Morgan fingerprint density at radius 1 is 0.754 bits per heavy atom. The number of piperidine rings is 1. The van der Waals surface area contributed by atoms with E-state index in [1.54, 1.807) is 26.2 Å². The number of methoxy groups -OCH3 is 3. The number of hydrogen-bond donors (Lipinski definition) is 7. The molecule has 1 aliphatic carbocycles. The summed E-state index contributed by atoms with van der Waals surface area (Å²) in [6.07, 6.45) is 9.68. The fraction of sp³-hybridized carbons (Fsp3) is 0.885.